The molecule has 0 aliphatic carbocycles. The van der Waals surface area contributed by atoms with Crippen LogP contribution in [0.25, 0.3) is 0 Å². The molecular weight excluding hydrogens is 484 g/mol. The Hall–Kier alpha value is -4.64. The molecule has 1 amide bonds. The number of hydrogen-bond acceptors (Lipinski definition) is 6. The van der Waals surface area contributed by atoms with Gasteiger partial charge in [-0.05, 0) is 75.6 Å². The van der Waals surface area contributed by atoms with Crippen molar-refractivity contribution in [2.75, 3.05) is 7.11 Å². The first kappa shape index (κ1) is 27.9. The van der Waals surface area contributed by atoms with Gasteiger partial charge in [0.15, 0.2) is 0 Å². The van der Waals surface area contributed by atoms with Gasteiger partial charge in [-0.1, -0.05) is 42.2 Å². The molecule has 0 radical (unpaired) electrons. The number of ether oxygens (including phenoxy) is 2. The van der Waals surface area contributed by atoms with Crippen LogP contribution in [0.2, 0.25) is 0 Å². The van der Waals surface area contributed by atoms with E-state index in [1.54, 1.807) is 52.1 Å². The van der Waals surface area contributed by atoms with E-state index in [1.165, 1.54) is 18.2 Å². The van der Waals surface area contributed by atoms with E-state index >= 15 is 0 Å². The van der Waals surface area contributed by atoms with E-state index in [2.05, 4.69) is 17.2 Å². The molecule has 196 valence electrons. The summed E-state index contributed by atoms with van der Waals surface area (Å²) in [5, 5.41) is 14.3. The minimum atomic E-state index is -0.911. The summed E-state index contributed by atoms with van der Waals surface area (Å²) in [6.07, 6.45) is 0.867. The van der Waals surface area contributed by atoms with E-state index in [4.69, 9.17) is 9.47 Å². The summed E-state index contributed by atoms with van der Waals surface area (Å²) in [4.78, 5) is 37.1. The molecule has 0 aliphatic heterocycles. The molecule has 3 aromatic rings. The summed E-state index contributed by atoms with van der Waals surface area (Å²) in [5.74, 6) is 5.22. The quantitative estimate of drug-likeness (QED) is 0.195. The normalized spacial score (nSPS) is 11.5. The van der Waals surface area contributed by atoms with Gasteiger partial charge in [0, 0.05) is 17.2 Å². The summed E-state index contributed by atoms with van der Waals surface area (Å²) in [7, 11) is 1.55. The van der Waals surface area contributed by atoms with Gasteiger partial charge in [0.25, 0.3) is 11.6 Å². The van der Waals surface area contributed by atoms with Crippen LogP contribution in [0.3, 0.4) is 0 Å². The van der Waals surface area contributed by atoms with Crippen molar-refractivity contribution in [3.05, 3.63) is 105 Å². The van der Waals surface area contributed by atoms with Gasteiger partial charge in [0.05, 0.1) is 12.0 Å². The van der Waals surface area contributed by atoms with Crippen LogP contribution < -0.4 is 10.1 Å². The zero-order chi connectivity index (χ0) is 27.7. The maximum Gasteiger partial charge on any atom is 0.329 e. The van der Waals surface area contributed by atoms with Crippen molar-refractivity contribution >= 4 is 17.6 Å². The lowest BCUT2D eigenvalue weighted by Crippen LogP contribution is -2.44. The van der Waals surface area contributed by atoms with E-state index < -0.39 is 28.4 Å². The first-order valence-corrected chi connectivity index (χ1v) is 12.1. The van der Waals surface area contributed by atoms with Crippen LogP contribution in [0.15, 0.2) is 72.8 Å². The number of carbonyl (C=O) groups is 2. The number of hydrogen-bond donors (Lipinski definition) is 1. The fourth-order valence-electron chi connectivity index (χ4n) is 3.57. The second-order valence-electron chi connectivity index (χ2n) is 9.55. The zero-order valence-corrected chi connectivity index (χ0v) is 21.8. The summed E-state index contributed by atoms with van der Waals surface area (Å²) in [5.41, 5.74) is 0.905. The Balaban J connectivity index is 1.85. The third-order valence-electron chi connectivity index (χ3n) is 5.45. The van der Waals surface area contributed by atoms with Gasteiger partial charge >= 0.3 is 5.97 Å². The molecular formula is C30H30N2O6. The van der Waals surface area contributed by atoms with Crippen LogP contribution in [-0.2, 0) is 16.0 Å². The van der Waals surface area contributed by atoms with E-state index in [0.29, 0.717) is 24.2 Å². The smallest absolute Gasteiger partial charge is 0.329 e. The number of nitrogens with one attached hydrogen (secondary N) is 1. The van der Waals surface area contributed by atoms with Crippen LogP contribution >= 0.6 is 0 Å². The Morgan fingerprint density at radius 1 is 1.00 bits per heavy atom. The summed E-state index contributed by atoms with van der Waals surface area (Å²) in [6, 6.07) is 19.5. The first-order chi connectivity index (χ1) is 18.1. The van der Waals surface area contributed by atoms with Crippen molar-refractivity contribution in [3.8, 4) is 17.6 Å². The number of nitro benzene ring substituents is 1. The highest BCUT2D eigenvalue weighted by Crippen LogP contribution is 2.20. The molecule has 8 nitrogen and oxygen atoms in total. The molecule has 0 unspecified atom stereocenters. The lowest BCUT2D eigenvalue weighted by molar-refractivity contribution is -0.385. The molecule has 0 aliphatic rings. The molecule has 0 saturated heterocycles. The van der Waals surface area contributed by atoms with Crippen LogP contribution in [0.1, 0.15) is 54.2 Å². The predicted octanol–water partition coefficient (Wildman–Crippen LogP) is 5.08. The van der Waals surface area contributed by atoms with Crippen LogP contribution in [0.4, 0.5) is 5.69 Å². The van der Waals surface area contributed by atoms with Gasteiger partial charge in [-0.15, -0.1) is 0 Å². The van der Waals surface area contributed by atoms with Gasteiger partial charge in [-0.3, -0.25) is 14.9 Å². The second-order valence-corrected chi connectivity index (χ2v) is 9.55. The molecule has 0 heterocycles. The molecule has 0 aromatic heterocycles. The number of amides is 1. The number of nitro groups is 1. The van der Waals surface area contributed by atoms with Crippen molar-refractivity contribution in [2.24, 2.45) is 0 Å². The molecule has 1 N–H and O–H groups in total. The minimum Gasteiger partial charge on any atom is -0.497 e. The fourth-order valence-corrected chi connectivity index (χ4v) is 3.57. The summed E-state index contributed by atoms with van der Waals surface area (Å²) >= 11 is 0. The Labute approximate surface area is 222 Å². The molecule has 38 heavy (non-hydrogen) atoms. The SMILES string of the molecule is COc1ccc(C#Cc2cc(C(=O)N[C@@H](CCc3ccccc3)C(=O)OC(C)(C)C)ccc2[N+](=O)[O-])cc1. The van der Waals surface area contributed by atoms with E-state index in [9.17, 15) is 19.7 Å². The van der Waals surface area contributed by atoms with E-state index in [1.807, 2.05) is 30.3 Å². The average molecular weight is 515 g/mol. The topological polar surface area (TPSA) is 108 Å². The lowest BCUT2D eigenvalue weighted by Gasteiger charge is -2.24. The van der Waals surface area contributed by atoms with Crippen molar-refractivity contribution in [1.82, 2.24) is 5.32 Å². The Bertz CT molecular complexity index is 1350. The molecule has 3 rings (SSSR count). The third kappa shape index (κ3) is 8.20. The molecule has 1 atom stereocenters. The monoisotopic (exact) mass is 514 g/mol. The second kappa shape index (κ2) is 12.5. The third-order valence-corrected chi connectivity index (χ3v) is 5.45. The maximum atomic E-state index is 13.2. The minimum absolute atomic E-state index is 0.0802. The molecule has 0 bridgehead atoms. The van der Waals surface area contributed by atoms with E-state index in [0.717, 1.165) is 5.56 Å². The molecule has 8 heteroatoms. The van der Waals surface area contributed by atoms with Crippen molar-refractivity contribution in [1.29, 1.82) is 0 Å². The van der Waals surface area contributed by atoms with Crippen molar-refractivity contribution in [2.45, 2.75) is 45.3 Å². The van der Waals surface area contributed by atoms with Crippen LogP contribution in [0.5, 0.6) is 5.75 Å². The Kier molecular flexibility index (Phi) is 9.23. The Morgan fingerprint density at radius 2 is 1.68 bits per heavy atom. The number of rotatable bonds is 8. The lowest BCUT2D eigenvalue weighted by atomic mass is 10.0. The molecule has 0 saturated carbocycles. The maximum absolute atomic E-state index is 13.2. The average Bonchev–Trinajstić information content (AvgIpc) is 2.89. The summed E-state index contributed by atoms with van der Waals surface area (Å²) in [6.45, 7) is 5.27. The Morgan fingerprint density at radius 3 is 2.29 bits per heavy atom. The van der Waals surface area contributed by atoms with Crippen molar-refractivity contribution in [3.63, 3.8) is 0 Å². The highest BCUT2D eigenvalue weighted by atomic mass is 16.6. The zero-order valence-electron chi connectivity index (χ0n) is 21.8. The molecule has 3 aromatic carbocycles. The highest BCUT2D eigenvalue weighted by Gasteiger charge is 2.27. The van der Waals surface area contributed by atoms with Gasteiger partial charge in [-0.2, -0.15) is 0 Å². The van der Waals surface area contributed by atoms with Gasteiger partial charge in [0.1, 0.15) is 23.0 Å². The summed E-state index contributed by atoms with van der Waals surface area (Å²) < 4.78 is 10.7. The number of carbonyl (C=O) groups excluding carboxylic acids is 2. The standard InChI is InChI=1S/C30H30N2O6/c1-30(2,3)38-29(34)26(18-13-21-8-6-5-7-9-21)31-28(33)24-15-19-27(32(35)36)23(20-24)14-10-22-11-16-25(37-4)17-12-22/h5-9,11-12,15-17,19-20,26H,13,18H2,1-4H3,(H,31,33)/t26-/m0/s1. The van der Waals surface area contributed by atoms with Gasteiger partial charge in [0.2, 0.25) is 0 Å². The van der Waals surface area contributed by atoms with E-state index in [-0.39, 0.29) is 16.8 Å². The number of nitrogens with zero attached hydrogens (tertiary/aromatic N) is 1. The van der Waals surface area contributed by atoms with Crippen molar-refractivity contribution < 1.29 is 24.0 Å². The number of benzene rings is 3. The molecule has 0 fully saturated rings. The number of esters is 1. The van der Waals surface area contributed by atoms with Gasteiger partial charge in [-0.25, -0.2) is 4.79 Å². The highest BCUT2D eigenvalue weighted by molar-refractivity contribution is 5.97. The largest absolute Gasteiger partial charge is 0.497 e. The van der Waals surface area contributed by atoms with Crippen LogP contribution in [-0.4, -0.2) is 35.6 Å². The molecule has 0 spiro atoms. The fraction of sp³-hybridized carbons (Fsp3) is 0.267. The number of aryl methyl sites for hydroxylation is 1. The number of methoxy groups -OCH3 is 1. The van der Waals surface area contributed by atoms with Gasteiger partial charge < -0.3 is 14.8 Å². The van der Waals surface area contributed by atoms with Crippen LogP contribution in [0, 0.1) is 22.0 Å². The predicted molar refractivity (Wildman–Crippen MR) is 144 cm³/mol. The first-order valence-electron chi connectivity index (χ1n) is 12.1.